The molecule has 2 aliphatic rings. The van der Waals surface area contributed by atoms with E-state index in [2.05, 4.69) is 5.32 Å². The van der Waals surface area contributed by atoms with Crippen LogP contribution >= 0.6 is 11.6 Å². The highest BCUT2D eigenvalue weighted by Crippen LogP contribution is 2.40. The molecular formula is C22H23ClN2O4. The summed E-state index contributed by atoms with van der Waals surface area (Å²) in [6.45, 7) is 3.49. The number of halogens is 1. The van der Waals surface area contributed by atoms with Gasteiger partial charge in [-0.1, -0.05) is 17.7 Å². The first-order valence-electron chi connectivity index (χ1n) is 9.79. The molecule has 0 bridgehead atoms. The van der Waals surface area contributed by atoms with E-state index in [4.69, 9.17) is 21.1 Å². The summed E-state index contributed by atoms with van der Waals surface area (Å²) in [5.41, 5.74) is 0.686. The first-order valence-corrected chi connectivity index (χ1v) is 10.2. The molecule has 2 amide bonds. The summed E-state index contributed by atoms with van der Waals surface area (Å²) in [5, 5.41) is 3.44. The highest BCUT2D eigenvalue weighted by molar-refractivity contribution is 6.30. The molecule has 0 aromatic heterocycles. The van der Waals surface area contributed by atoms with E-state index in [0.717, 1.165) is 0 Å². The summed E-state index contributed by atoms with van der Waals surface area (Å²) in [5.74, 6) is 1.34. The third kappa shape index (κ3) is 4.17. The number of rotatable bonds is 3. The second kappa shape index (κ2) is 7.95. The van der Waals surface area contributed by atoms with Crippen LogP contribution in [0.4, 0.5) is 10.5 Å². The number of likely N-dealkylation sites (tertiary alicyclic amines) is 1. The predicted octanol–water partition coefficient (Wildman–Crippen LogP) is 4.77. The average molecular weight is 415 g/mol. The Morgan fingerprint density at radius 1 is 1.24 bits per heavy atom. The Balaban J connectivity index is 1.42. The number of urea groups is 1. The van der Waals surface area contributed by atoms with E-state index in [9.17, 15) is 9.59 Å². The molecule has 1 N–H and O–H groups in total. The third-order valence-electron chi connectivity index (χ3n) is 5.41. The van der Waals surface area contributed by atoms with Crippen molar-refractivity contribution in [3.05, 3.63) is 53.1 Å². The average Bonchev–Trinajstić information content (AvgIpc) is 2.68. The van der Waals surface area contributed by atoms with E-state index in [0.29, 0.717) is 66.7 Å². The minimum atomic E-state index is -0.568. The number of nitrogens with one attached hydrogen (secondary N) is 1. The van der Waals surface area contributed by atoms with Crippen molar-refractivity contribution >= 4 is 29.1 Å². The lowest BCUT2D eigenvalue weighted by Gasteiger charge is -2.43. The van der Waals surface area contributed by atoms with Crippen LogP contribution in [0.3, 0.4) is 0 Å². The zero-order valence-corrected chi connectivity index (χ0v) is 17.0. The smallest absolute Gasteiger partial charge is 0.321 e. The van der Waals surface area contributed by atoms with Gasteiger partial charge in [0.2, 0.25) is 0 Å². The first-order chi connectivity index (χ1) is 14.0. The molecule has 29 heavy (non-hydrogen) atoms. The molecule has 0 saturated carbocycles. The number of Topliss-reactive ketones (excluding diaryl/α,β-unsaturated/α-hetero) is 1. The number of fused-ring (bicyclic) bond motifs is 1. The van der Waals surface area contributed by atoms with Crippen molar-refractivity contribution in [3.63, 3.8) is 0 Å². The highest BCUT2D eigenvalue weighted by atomic mass is 35.5. The quantitative estimate of drug-likeness (QED) is 0.785. The minimum Gasteiger partial charge on any atom is -0.494 e. The van der Waals surface area contributed by atoms with Gasteiger partial charge in [0.05, 0.1) is 18.6 Å². The number of ether oxygens (including phenoxy) is 2. The van der Waals surface area contributed by atoms with E-state index >= 15 is 0 Å². The van der Waals surface area contributed by atoms with Crippen molar-refractivity contribution in [2.75, 3.05) is 25.0 Å². The lowest BCUT2D eigenvalue weighted by Crippen LogP contribution is -2.53. The second-order valence-corrected chi connectivity index (χ2v) is 7.84. The molecule has 1 spiro atoms. The maximum absolute atomic E-state index is 12.7. The molecule has 2 aromatic rings. The summed E-state index contributed by atoms with van der Waals surface area (Å²) in [6.07, 6.45) is 1.53. The van der Waals surface area contributed by atoms with Crippen LogP contribution in [0.5, 0.6) is 11.5 Å². The summed E-state index contributed by atoms with van der Waals surface area (Å²) in [4.78, 5) is 27.0. The zero-order chi connectivity index (χ0) is 20.4. The lowest BCUT2D eigenvalue weighted by molar-refractivity contribution is 0.000243. The Kier molecular flexibility index (Phi) is 5.37. The number of carbonyl (C=O) groups is 2. The van der Waals surface area contributed by atoms with Gasteiger partial charge >= 0.3 is 6.03 Å². The Morgan fingerprint density at radius 3 is 2.76 bits per heavy atom. The van der Waals surface area contributed by atoms with Crippen molar-refractivity contribution in [2.24, 2.45) is 0 Å². The van der Waals surface area contributed by atoms with Gasteiger partial charge in [-0.2, -0.15) is 0 Å². The molecule has 0 radical (unpaired) electrons. The van der Waals surface area contributed by atoms with Crippen LogP contribution in [0.1, 0.15) is 36.5 Å². The number of hydrogen-bond donors (Lipinski definition) is 1. The molecular weight excluding hydrogens is 392 g/mol. The Labute approximate surface area is 174 Å². The van der Waals surface area contributed by atoms with Crippen LogP contribution < -0.4 is 14.8 Å². The maximum atomic E-state index is 12.7. The van der Waals surface area contributed by atoms with Gasteiger partial charge in [-0.3, -0.25) is 4.79 Å². The number of benzene rings is 2. The molecule has 2 aliphatic heterocycles. The number of ketones is 1. The number of hydrogen-bond acceptors (Lipinski definition) is 4. The van der Waals surface area contributed by atoms with E-state index < -0.39 is 5.60 Å². The molecule has 7 heteroatoms. The number of nitrogens with zero attached hydrogens (tertiary/aromatic N) is 1. The first kappa shape index (κ1) is 19.6. The monoisotopic (exact) mass is 414 g/mol. The summed E-state index contributed by atoms with van der Waals surface area (Å²) in [6, 6.07) is 12.2. The van der Waals surface area contributed by atoms with Gasteiger partial charge in [0.25, 0.3) is 0 Å². The molecule has 1 fully saturated rings. The molecule has 2 aromatic carbocycles. The number of carbonyl (C=O) groups excluding carboxylic acids is 2. The fourth-order valence-electron chi connectivity index (χ4n) is 3.90. The van der Waals surface area contributed by atoms with Gasteiger partial charge in [-0.15, -0.1) is 0 Å². The van der Waals surface area contributed by atoms with Crippen molar-refractivity contribution in [2.45, 2.75) is 31.8 Å². The van der Waals surface area contributed by atoms with Crippen LogP contribution in [0.25, 0.3) is 0 Å². The van der Waals surface area contributed by atoms with Gasteiger partial charge in [0.15, 0.2) is 5.78 Å². The van der Waals surface area contributed by atoms with Crippen molar-refractivity contribution in [1.82, 2.24) is 4.90 Å². The lowest BCUT2D eigenvalue weighted by atomic mass is 9.82. The largest absolute Gasteiger partial charge is 0.494 e. The number of piperidine rings is 1. The number of amides is 2. The minimum absolute atomic E-state index is 0.0751. The molecule has 1 saturated heterocycles. The SMILES string of the molecule is CCOc1ccc2c(c1)OC1(CCN(C(=O)Nc3cccc(Cl)c3)CC1)CC2=O. The maximum Gasteiger partial charge on any atom is 0.321 e. The molecule has 2 heterocycles. The third-order valence-corrected chi connectivity index (χ3v) is 5.65. The zero-order valence-electron chi connectivity index (χ0n) is 16.2. The predicted molar refractivity (Wildman–Crippen MR) is 111 cm³/mol. The fraction of sp³-hybridized carbons (Fsp3) is 0.364. The standard InChI is InChI=1S/C22H23ClN2O4/c1-2-28-17-6-7-18-19(26)14-22(29-20(18)13-17)8-10-25(11-9-22)21(27)24-16-5-3-4-15(23)12-16/h3-7,12-13H,2,8-11,14H2,1H3,(H,24,27). The molecule has 0 atom stereocenters. The summed E-state index contributed by atoms with van der Waals surface area (Å²) >= 11 is 5.97. The molecule has 6 nitrogen and oxygen atoms in total. The Morgan fingerprint density at radius 2 is 2.03 bits per heavy atom. The van der Waals surface area contributed by atoms with Crippen molar-refractivity contribution in [1.29, 1.82) is 0 Å². The van der Waals surface area contributed by atoms with Gasteiger partial charge in [-0.05, 0) is 37.3 Å². The summed E-state index contributed by atoms with van der Waals surface area (Å²) < 4.78 is 11.8. The van der Waals surface area contributed by atoms with Crippen LogP contribution in [0, 0.1) is 0 Å². The van der Waals surface area contributed by atoms with Crippen LogP contribution in [0.2, 0.25) is 5.02 Å². The van der Waals surface area contributed by atoms with E-state index in [1.807, 2.05) is 6.92 Å². The van der Waals surface area contributed by atoms with E-state index in [1.165, 1.54) is 0 Å². The number of anilines is 1. The molecule has 4 rings (SSSR count). The van der Waals surface area contributed by atoms with Gasteiger partial charge in [0.1, 0.15) is 17.1 Å². The molecule has 0 aliphatic carbocycles. The topological polar surface area (TPSA) is 67.9 Å². The van der Waals surface area contributed by atoms with Gasteiger partial charge in [0, 0.05) is 42.7 Å². The van der Waals surface area contributed by atoms with Gasteiger partial charge in [-0.25, -0.2) is 4.79 Å². The fourth-order valence-corrected chi connectivity index (χ4v) is 4.09. The Hall–Kier alpha value is -2.73. The van der Waals surface area contributed by atoms with E-state index in [1.54, 1.807) is 47.4 Å². The van der Waals surface area contributed by atoms with Gasteiger partial charge < -0.3 is 19.7 Å². The van der Waals surface area contributed by atoms with Crippen LogP contribution in [0.15, 0.2) is 42.5 Å². The Bertz CT molecular complexity index is 938. The molecule has 152 valence electrons. The summed E-state index contributed by atoms with van der Waals surface area (Å²) in [7, 11) is 0. The van der Waals surface area contributed by atoms with Crippen LogP contribution in [-0.2, 0) is 0 Å². The normalized spacial score (nSPS) is 17.4. The highest BCUT2D eigenvalue weighted by Gasteiger charge is 2.43. The molecule has 0 unspecified atom stereocenters. The van der Waals surface area contributed by atoms with Crippen molar-refractivity contribution < 1.29 is 19.1 Å². The van der Waals surface area contributed by atoms with E-state index in [-0.39, 0.29) is 11.8 Å². The van der Waals surface area contributed by atoms with Crippen LogP contribution in [-0.4, -0.2) is 42.0 Å². The van der Waals surface area contributed by atoms with Crippen molar-refractivity contribution in [3.8, 4) is 11.5 Å². The second-order valence-electron chi connectivity index (χ2n) is 7.40.